The van der Waals surface area contributed by atoms with Crippen LogP contribution in [-0.4, -0.2) is 30.6 Å². The quantitative estimate of drug-likeness (QED) is 0.533. The Labute approximate surface area is 178 Å². The molecule has 1 aliphatic carbocycles. The van der Waals surface area contributed by atoms with Crippen LogP contribution in [0.5, 0.6) is 11.5 Å². The van der Waals surface area contributed by atoms with Crippen LogP contribution in [0.2, 0.25) is 0 Å². The van der Waals surface area contributed by atoms with E-state index in [0.29, 0.717) is 41.2 Å². The molecule has 1 aliphatic heterocycles. The number of hydrogen-bond acceptors (Lipinski definition) is 6. The number of dihydropyridines is 1. The fourth-order valence-electron chi connectivity index (χ4n) is 4.30. The van der Waals surface area contributed by atoms with Crippen molar-refractivity contribution in [3.05, 3.63) is 46.3 Å². The van der Waals surface area contributed by atoms with E-state index >= 15 is 0 Å². The highest BCUT2D eigenvalue weighted by atomic mass is 16.5. The molecule has 1 aromatic carbocycles. The van der Waals surface area contributed by atoms with Crippen molar-refractivity contribution < 1.29 is 24.2 Å². The van der Waals surface area contributed by atoms with Crippen LogP contribution in [0.1, 0.15) is 64.9 Å². The van der Waals surface area contributed by atoms with Crippen molar-refractivity contribution in [1.82, 2.24) is 5.32 Å². The largest absolute Gasteiger partial charge is 0.504 e. The molecule has 0 unspecified atom stereocenters. The van der Waals surface area contributed by atoms with Crippen molar-refractivity contribution in [3.8, 4) is 11.5 Å². The van der Waals surface area contributed by atoms with Gasteiger partial charge in [-0.1, -0.05) is 33.3 Å². The lowest BCUT2D eigenvalue weighted by molar-refractivity contribution is -0.139. The monoisotopic (exact) mass is 413 g/mol. The van der Waals surface area contributed by atoms with Crippen molar-refractivity contribution in [3.63, 3.8) is 0 Å². The van der Waals surface area contributed by atoms with Crippen LogP contribution < -0.4 is 10.1 Å². The molecule has 2 N–H and O–H groups in total. The van der Waals surface area contributed by atoms with E-state index in [-0.39, 0.29) is 16.9 Å². The number of unbranched alkanes of at least 4 members (excludes halogenated alkanes) is 1. The summed E-state index contributed by atoms with van der Waals surface area (Å²) in [6.45, 7) is 8.36. The Kier molecular flexibility index (Phi) is 6.25. The number of allylic oxidation sites excluding steroid dienone is 3. The molecule has 1 atom stereocenters. The van der Waals surface area contributed by atoms with Crippen LogP contribution in [0.25, 0.3) is 0 Å². The average molecular weight is 414 g/mol. The maximum atomic E-state index is 13.2. The third kappa shape index (κ3) is 4.23. The van der Waals surface area contributed by atoms with Gasteiger partial charge >= 0.3 is 5.97 Å². The Bertz CT molecular complexity index is 926. The van der Waals surface area contributed by atoms with Crippen molar-refractivity contribution in [1.29, 1.82) is 0 Å². The van der Waals surface area contributed by atoms with Crippen LogP contribution in [0, 0.1) is 5.41 Å². The van der Waals surface area contributed by atoms with Gasteiger partial charge < -0.3 is 19.9 Å². The van der Waals surface area contributed by atoms with Crippen molar-refractivity contribution in [2.75, 3.05) is 13.7 Å². The van der Waals surface area contributed by atoms with Gasteiger partial charge in [0.2, 0.25) is 0 Å². The van der Waals surface area contributed by atoms with Crippen molar-refractivity contribution in [2.24, 2.45) is 5.41 Å². The van der Waals surface area contributed by atoms with E-state index in [1.165, 1.54) is 13.2 Å². The van der Waals surface area contributed by atoms with Crippen molar-refractivity contribution in [2.45, 2.75) is 59.3 Å². The second-order valence-electron chi connectivity index (χ2n) is 8.85. The first-order valence-electron chi connectivity index (χ1n) is 10.5. The van der Waals surface area contributed by atoms with Gasteiger partial charge in [-0.05, 0) is 42.9 Å². The Morgan fingerprint density at radius 1 is 1.30 bits per heavy atom. The fourth-order valence-corrected chi connectivity index (χ4v) is 4.30. The van der Waals surface area contributed by atoms with Crippen LogP contribution in [0.15, 0.2) is 40.7 Å². The minimum atomic E-state index is -0.562. The molecule has 0 bridgehead atoms. The number of rotatable bonds is 6. The second kappa shape index (κ2) is 8.54. The molecule has 162 valence electrons. The summed E-state index contributed by atoms with van der Waals surface area (Å²) < 4.78 is 10.8. The summed E-state index contributed by atoms with van der Waals surface area (Å²) >= 11 is 0. The Hall–Kier alpha value is -2.76. The van der Waals surface area contributed by atoms with Gasteiger partial charge in [-0.3, -0.25) is 4.79 Å². The number of benzene rings is 1. The third-order valence-electron chi connectivity index (χ3n) is 5.73. The van der Waals surface area contributed by atoms with Gasteiger partial charge in [-0.15, -0.1) is 0 Å². The summed E-state index contributed by atoms with van der Waals surface area (Å²) in [5.41, 5.74) is 3.16. The van der Waals surface area contributed by atoms with E-state index in [1.807, 2.05) is 13.8 Å². The van der Waals surface area contributed by atoms with Crippen molar-refractivity contribution >= 4 is 11.8 Å². The standard InChI is InChI=1S/C24H31NO5/c1-6-7-10-30-23(28)20-14(2)25-16-12-24(3,4)13-18(27)22(16)21(20)15-8-9-17(26)19(11-15)29-5/h8-9,11,21,25-26H,6-7,10,12-13H2,1-5H3/t21-/m0/s1. The number of aromatic hydroxyl groups is 1. The lowest BCUT2D eigenvalue weighted by atomic mass is 9.68. The number of Topliss-reactive ketones (excluding diaryl/α,β-unsaturated/α-hetero) is 1. The van der Waals surface area contributed by atoms with Gasteiger partial charge in [0, 0.05) is 29.3 Å². The SMILES string of the molecule is CCCCOC(=O)C1=C(C)NC2=C(C(=O)CC(C)(C)C2)[C@H]1c1ccc(O)c(OC)c1. The first-order chi connectivity index (χ1) is 14.2. The maximum Gasteiger partial charge on any atom is 0.336 e. The number of carbonyl (C=O) groups excluding carboxylic acids is 2. The molecule has 0 amide bonds. The molecule has 6 heteroatoms. The number of carbonyl (C=O) groups is 2. The average Bonchev–Trinajstić information content (AvgIpc) is 2.66. The summed E-state index contributed by atoms with van der Waals surface area (Å²) in [6.07, 6.45) is 2.83. The molecule has 0 fully saturated rings. The fraction of sp³-hybridized carbons (Fsp3) is 0.500. The molecule has 2 aliphatic rings. The molecule has 0 saturated carbocycles. The Balaban J connectivity index is 2.12. The lowest BCUT2D eigenvalue weighted by Gasteiger charge is -2.39. The molecule has 1 heterocycles. The van der Waals surface area contributed by atoms with E-state index in [4.69, 9.17) is 9.47 Å². The minimum absolute atomic E-state index is 0.00765. The number of esters is 1. The van der Waals surface area contributed by atoms with Gasteiger partial charge in [-0.25, -0.2) is 4.79 Å². The van der Waals surface area contributed by atoms with Gasteiger partial charge in [-0.2, -0.15) is 0 Å². The first kappa shape index (κ1) is 21.9. The Morgan fingerprint density at radius 3 is 2.70 bits per heavy atom. The second-order valence-corrected chi connectivity index (χ2v) is 8.85. The molecule has 0 saturated heterocycles. The zero-order valence-corrected chi connectivity index (χ0v) is 18.4. The number of nitrogens with one attached hydrogen (secondary N) is 1. The first-order valence-corrected chi connectivity index (χ1v) is 10.5. The number of hydrogen-bond donors (Lipinski definition) is 2. The molecule has 0 radical (unpaired) electrons. The predicted molar refractivity (Wildman–Crippen MR) is 114 cm³/mol. The molecule has 0 aromatic heterocycles. The third-order valence-corrected chi connectivity index (χ3v) is 5.73. The van der Waals surface area contributed by atoms with Crippen LogP contribution in [-0.2, 0) is 14.3 Å². The number of phenols is 1. The van der Waals surface area contributed by atoms with Crippen LogP contribution in [0.3, 0.4) is 0 Å². The highest BCUT2D eigenvalue weighted by molar-refractivity contribution is 6.04. The highest BCUT2D eigenvalue weighted by Crippen LogP contribution is 2.47. The van der Waals surface area contributed by atoms with E-state index in [1.54, 1.807) is 12.1 Å². The molecule has 1 aromatic rings. The summed E-state index contributed by atoms with van der Waals surface area (Å²) in [5.74, 6) is -0.651. The highest BCUT2D eigenvalue weighted by Gasteiger charge is 2.43. The number of methoxy groups -OCH3 is 1. The van der Waals surface area contributed by atoms with Gasteiger partial charge in [0.15, 0.2) is 17.3 Å². The molecule has 6 nitrogen and oxygen atoms in total. The van der Waals surface area contributed by atoms with E-state index in [2.05, 4.69) is 19.2 Å². The molecular formula is C24H31NO5. The summed E-state index contributed by atoms with van der Waals surface area (Å²) in [4.78, 5) is 26.3. The van der Waals surface area contributed by atoms with E-state index in [0.717, 1.165) is 25.0 Å². The number of phenolic OH excluding ortho intramolecular Hbond substituents is 1. The maximum absolute atomic E-state index is 13.2. The van der Waals surface area contributed by atoms with Gasteiger partial charge in [0.1, 0.15) is 0 Å². The Morgan fingerprint density at radius 2 is 2.03 bits per heavy atom. The lowest BCUT2D eigenvalue weighted by Crippen LogP contribution is -2.38. The van der Waals surface area contributed by atoms with E-state index in [9.17, 15) is 14.7 Å². The van der Waals surface area contributed by atoms with Gasteiger partial charge in [0.25, 0.3) is 0 Å². The number of ketones is 1. The summed E-state index contributed by atoms with van der Waals surface area (Å²) in [7, 11) is 1.47. The molecule has 30 heavy (non-hydrogen) atoms. The molecular weight excluding hydrogens is 382 g/mol. The normalized spacial score (nSPS) is 20.6. The zero-order chi connectivity index (χ0) is 22.1. The van der Waals surface area contributed by atoms with Crippen LogP contribution in [0.4, 0.5) is 0 Å². The summed E-state index contributed by atoms with van der Waals surface area (Å²) in [6, 6.07) is 4.96. The van der Waals surface area contributed by atoms with Crippen LogP contribution >= 0.6 is 0 Å². The smallest absolute Gasteiger partial charge is 0.336 e. The molecule has 0 spiro atoms. The van der Waals surface area contributed by atoms with E-state index < -0.39 is 11.9 Å². The van der Waals surface area contributed by atoms with Gasteiger partial charge in [0.05, 0.1) is 19.3 Å². The number of ether oxygens (including phenoxy) is 2. The minimum Gasteiger partial charge on any atom is -0.504 e. The topological polar surface area (TPSA) is 84.9 Å². The predicted octanol–water partition coefficient (Wildman–Crippen LogP) is 4.35. The molecule has 3 rings (SSSR count). The summed E-state index contributed by atoms with van der Waals surface area (Å²) in [5, 5.41) is 13.4. The zero-order valence-electron chi connectivity index (χ0n) is 18.4.